The molecule has 3 rings (SSSR count). The lowest BCUT2D eigenvalue weighted by Crippen LogP contribution is -2.53. The minimum atomic E-state index is -0.956. The molecule has 2 aliphatic rings. The van der Waals surface area contributed by atoms with Gasteiger partial charge in [-0.15, -0.1) is 0 Å². The highest BCUT2D eigenvalue weighted by atomic mass is 19.1. The van der Waals surface area contributed by atoms with E-state index in [0.29, 0.717) is 32.4 Å². The van der Waals surface area contributed by atoms with Gasteiger partial charge in [0.1, 0.15) is 11.4 Å². The summed E-state index contributed by atoms with van der Waals surface area (Å²) in [6.07, 6.45) is 0.0190. The van der Waals surface area contributed by atoms with Crippen molar-refractivity contribution in [1.82, 2.24) is 10.2 Å². The molecule has 2 amide bonds. The van der Waals surface area contributed by atoms with E-state index in [0.717, 1.165) is 5.56 Å². The molecule has 0 aliphatic carbocycles. The van der Waals surface area contributed by atoms with E-state index in [1.54, 1.807) is 12.1 Å². The number of amides is 2. The van der Waals surface area contributed by atoms with Gasteiger partial charge in [0.15, 0.2) is 0 Å². The first-order chi connectivity index (χ1) is 10.5. The number of alkyl carbamates (subject to hydrolysis) is 1. The molecular weight excluding hydrogens is 291 g/mol. The van der Waals surface area contributed by atoms with Gasteiger partial charge in [0.2, 0.25) is 0 Å². The SMILES string of the molecule is O=C1NC(Cc2ccc(F)cc2)C2(CCN(C(=O)O)CC2)O1. The highest BCUT2D eigenvalue weighted by Gasteiger charge is 2.50. The van der Waals surface area contributed by atoms with Crippen molar-refractivity contribution in [3.63, 3.8) is 0 Å². The Kier molecular flexibility index (Phi) is 3.64. The van der Waals surface area contributed by atoms with Crippen LogP contribution in [0, 0.1) is 5.82 Å². The number of ether oxygens (including phenoxy) is 1. The molecule has 2 N–H and O–H groups in total. The zero-order valence-corrected chi connectivity index (χ0v) is 11.9. The Bertz CT molecular complexity index is 582. The van der Waals surface area contributed by atoms with Crippen molar-refractivity contribution in [1.29, 1.82) is 0 Å². The number of carbonyl (C=O) groups is 2. The number of piperidine rings is 1. The van der Waals surface area contributed by atoms with Crippen molar-refractivity contribution in [2.75, 3.05) is 13.1 Å². The quantitative estimate of drug-likeness (QED) is 0.876. The number of nitrogens with one attached hydrogen (secondary N) is 1. The Balaban J connectivity index is 1.74. The molecular formula is C15H17FN2O4. The maximum absolute atomic E-state index is 13.0. The van der Waals surface area contributed by atoms with E-state index in [-0.39, 0.29) is 11.9 Å². The van der Waals surface area contributed by atoms with Crippen LogP contribution in [0.1, 0.15) is 18.4 Å². The molecule has 2 fully saturated rings. The number of rotatable bonds is 2. The van der Waals surface area contributed by atoms with E-state index in [1.807, 2.05) is 0 Å². The fraction of sp³-hybridized carbons (Fsp3) is 0.467. The highest BCUT2D eigenvalue weighted by molar-refractivity contribution is 5.71. The van der Waals surface area contributed by atoms with E-state index in [4.69, 9.17) is 9.84 Å². The zero-order valence-electron chi connectivity index (χ0n) is 11.9. The summed E-state index contributed by atoms with van der Waals surface area (Å²) in [5.41, 5.74) is 0.217. The smallest absolute Gasteiger partial charge is 0.408 e. The first-order valence-corrected chi connectivity index (χ1v) is 7.20. The third-order valence-corrected chi connectivity index (χ3v) is 4.46. The second-order valence-corrected chi connectivity index (χ2v) is 5.75. The number of nitrogens with zero attached hydrogens (tertiary/aromatic N) is 1. The molecule has 1 aromatic rings. The molecule has 1 aromatic carbocycles. The number of carbonyl (C=O) groups excluding carboxylic acids is 1. The lowest BCUT2D eigenvalue weighted by Gasteiger charge is -2.39. The molecule has 0 bridgehead atoms. The Morgan fingerprint density at radius 2 is 2.00 bits per heavy atom. The van der Waals surface area contributed by atoms with E-state index in [9.17, 15) is 14.0 Å². The summed E-state index contributed by atoms with van der Waals surface area (Å²) in [5, 5.41) is 11.8. The van der Waals surface area contributed by atoms with Crippen LogP contribution in [0.3, 0.4) is 0 Å². The largest absolute Gasteiger partial charge is 0.465 e. The fourth-order valence-corrected chi connectivity index (χ4v) is 3.18. The van der Waals surface area contributed by atoms with Gasteiger partial charge in [0.05, 0.1) is 6.04 Å². The highest BCUT2D eigenvalue weighted by Crippen LogP contribution is 2.35. The lowest BCUT2D eigenvalue weighted by molar-refractivity contribution is -0.0144. The van der Waals surface area contributed by atoms with Gasteiger partial charge < -0.3 is 20.1 Å². The van der Waals surface area contributed by atoms with Crippen LogP contribution in [0.25, 0.3) is 0 Å². The molecule has 0 radical (unpaired) electrons. The van der Waals surface area contributed by atoms with Crippen molar-refractivity contribution in [2.24, 2.45) is 0 Å². The van der Waals surface area contributed by atoms with Crippen molar-refractivity contribution in [3.05, 3.63) is 35.6 Å². The van der Waals surface area contributed by atoms with Crippen molar-refractivity contribution < 1.29 is 23.8 Å². The Hall–Kier alpha value is -2.31. The predicted molar refractivity (Wildman–Crippen MR) is 75.1 cm³/mol. The van der Waals surface area contributed by atoms with Gasteiger partial charge in [-0.3, -0.25) is 0 Å². The van der Waals surface area contributed by atoms with Crippen LogP contribution in [-0.2, 0) is 11.2 Å². The predicted octanol–water partition coefficient (Wildman–Crippen LogP) is 1.99. The Labute approximate surface area is 126 Å². The standard InChI is InChI=1S/C15H17FN2O4/c16-11-3-1-10(2-4-11)9-12-15(22-13(19)17-12)5-7-18(8-6-15)14(20)21/h1-4,12H,5-9H2,(H,17,19)(H,20,21). The van der Waals surface area contributed by atoms with E-state index < -0.39 is 17.8 Å². The molecule has 1 spiro atoms. The van der Waals surface area contributed by atoms with Crippen LogP contribution < -0.4 is 5.32 Å². The average molecular weight is 308 g/mol. The third kappa shape index (κ3) is 2.70. The number of benzene rings is 1. The van der Waals surface area contributed by atoms with Gasteiger partial charge >= 0.3 is 12.2 Å². The molecule has 7 heteroatoms. The van der Waals surface area contributed by atoms with Crippen molar-refractivity contribution >= 4 is 12.2 Å². The van der Waals surface area contributed by atoms with Crippen molar-refractivity contribution in [2.45, 2.75) is 30.9 Å². The first kappa shape index (κ1) is 14.6. The monoisotopic (exact) mass is 308 g/mol. The normalized spacial score (nSPS) is 23.2. The van der Waals surface area contributed by atoms with Gasteiger partial charge in [-0.1, -0.05) is 12.1 Å². The van der Waals surface area contributed by atoms with Crippen LogP contribution in [0.15, 0.2) is 24.3 Å². The minimum Gasteiger partial charge on any atom is -0.465 e. The number of hydrogen-bond donors (Lipinski definition) is 2. The van der Waals surface area contributed by atoms with Crippen molar-refractivity contribution in [3.8, 4) is 0 Å². The van der Waals surface area contributed by atoms with Gasteiger partial charge in [-0.2, -0.15) is 0 Å². The summed E-state index contributed by atoms with van der Waals surface area (Å²) in [5.74, 6) is -0.306. The van der Waals surface area contributed by atoms with Gasteiger partial charge in [-0.05, 0) is 24.1 Å². The van der Waals surface area contributed by atoms with Gasteiger partial charge in [-0.25, -0.2) is 14.0 Å². The fourth-order valence-electron chi connectivity index (χ4n) is 3.18. The second-order valence-electron chi connectivity index (χ2n) is 5.75. The van der Waals surface area contributed by atoms with E-state index in [1.165, 1.54) is 17.0 Å². The molecule has 6 nitrogen and oxygen atoms in total. The Morgan fingerprint density at radius 3 is 2.59 bits per heavy atom. The summed E-state index contributed by atoms with van der Waals surface area (Å²) in [4.78, 5) is 24.0. The molecule has 2 aliphatic heterocycles. The molecule has 0 aromatic heterocycles. The molecule has 2 saturated heterocycles. The second kappa shape index (κ2) is 5.47. The zero-order chi connectivity index (χ0) is 15.7. The molecule has 118 valence electrons. The molecule has 1 unspecified atom stereocenters. The van der Waals surface area contributed by atoms with Crippen LogP contribution in [0.5, 0.6) is 0 Å². The molecule has 22 heavy (non-hydrogen) atoms. The molecule has 2 heterocycles. The van der Waals surface area contributed by atoms with Crippen LogP contribution in [-0.4, -0.2) is 46.9 Å². The third-order valence-electron chi connectivity index (χ3n) is 4.46. The maximum Gasteiger partial charge on any atom is 0.408 e. The van der Waals surface area contributed by atoms with Gasteiger partial charge in [0, 0.05) is 25.9 Å². The van der Waals surface area contributed by atoms with Crippen LogP contribution in [0.4, 0.5) is 14.0 Å². The summed E-state index contributed by atoms with van der Waals surface area (Å²) in [6, 6.07) is 5.89. The van der Waals surface area contributed by atoms with E-state index in [2.05, 4.69) is 5.32 Å². The topological polar surface area (TPSA) is 78.9 Å². The Morgan fingerprint density at radius 1 is 1.36 bits per heavy atom. The van der Waals surface area contributed by atoms with Crippen LogP contribution >= 0.6 is 0 Å². The van der Waals surface area contributed by atoms with Gasteiger partial charge in [0.25, 0.3) is 0 Å². The number of hydrogen-bond acceptors (Lipinski definition) is 3. The summed E-state index contributed by atoms with van der Waals surface area (Å²) >= 11 is 0. The molecule has 0 saturated carbocycles. The summed E-state index contributed by atoms with van der Waals surface area (Å²) in [7, 11) is 0. The maximum atomic E-state index is 13.0. The summed E-state index contributed by atoms with van der Waals surface area (Å²) in [6.45, 7) is 0.675. The minimum absolute atomic E-state index is 0.235. The number of likely N-dealkylation sites (tertiary alicyclic amines) is 1. The van der Waals surface area contributed by atoms with E-state index >= 15 is 0 Å². The van der Waals surface area contributed by atoms with Crippen LogP contribution in [0.2, 0.25) is 0 Å². The number of carboxylic acid groups (broad SMARTS) is 1. The summed E-state index contributed by atoms with van der Waals surface area (Å²) < 4.78 is 18.5. The average Bonchev–Trinajstić information content (AvgIpc) is 2.77. The molecule has 1 atom stereocenters. The first-order valence-electron chi connectivity index (χ1n) is 7.20. The lowest BCUT2D eigenvalue weighted by atomic mass is 9.82. The number of halogens is 1.